The van der Waals surface area contributed by atoms with Crippen LogP contribution in [0.2, 0.25) is 10.0 Å². The molecule has 0 aliphatic heterocycles. The lowest BCUT2D eigenvalue weighted by molar-refractivity contribution is 0.0492. The number of halogens is 2. The third-order valence-electron chi connectivity index (χ3n) is 4.22. The number of esters is 1. The average Bonchev–Trinajstić information content (AvgIpc) is 2.67. The third kappa shape index (κ3) is 5.75. The summed E-state index contributed by atoms with van der Waals surface area (Å²) >= 11 is 12.4. The van der Waals surface area contributed by atoms with Crippen molar-refractivity contribution in [3.63, 3.8) is 0 Å². The highest BCUT2D eigenvalue weighted by atomic mass is 35.5. The summed E-state index contributed by atoms with van der Waals surface area (Å²) in [6.07, 6.45) is 5.19. The number of hydrogen-bond acceptors (Lipinski definition) is 5. The summed E-state index contributed by atoms with van der Waals surface area (Å²) in [5.41, 5.74) is 1.70. The van der Waals surface area contributed by atoms with Gasteiger partial charge in [-0.25, -0.2) is 9.78 Å². The Bertz CT molecular complexity index is 802. The highest BCUT2D eigenvalue weighted by Gasteiger charge is 2.18. The monoisotopic (exact) mass is 408 g/mol. The maximum absolute atomic E-state index is 12.3. The largest absolute Gasteiger partial charge is 0.461 e. The minimum absolute atomic E-state index is 0.0564. The number of benzene rings is 1. The van der Waals surface area contributed by atoms with E-state index in [1.807, 2.05) is 6.92 Å². The molecule has 0 atom stereocenters. The van der Waals surface area contributed by atoms with E-state index in [1.165, 1.54) is 12.5 Å². The van der Waals surface area contributed by atoms with E-state index in [-0.39, 0.29) is 18.0 Å². The maximum atomic E-state index is 12.3. The minimum atomic E-state index is -0.661. The van der Waals surface area contributed by atoms with Gasteiger partial charge in [-0.3, -0.25) is 0 Å². The molecule has 0 unspecified atom stereocenters. The molecule has 0 aliphatic carbocycles. The predicted octanol–water partition coefficient (Wildman–Crippen LogP) is 6.89. The first-order valence-corrected chi connectivity index (χ1v) is 9.71. The summed E-state index contributed by atoms with van der Waals surface area (Å²) in [6.45, 7) is 4.24. The molecule has 1 aromatic heterocycles. The Balaban J connectivity index is 2.17. The zero-order valence-corrected chi connectivity index (χ0v) is 16.9. The van der Waals surface area contributed by atoms with Gasteiger partial charge in [0.15, 0.2) is 5.69 Å². The van der Waals surface area contributed by atoms with Crippen molar-refractivity contribution in [3.05, 3.63) is 50.5 Å². The van der Waals surface area contributed by atoms with E-state index in [4.69, 9.17) is 27.9 Å². The van der Waals surface area contributed by atoms with Gasteiger partial charge in [0.2, 0.25) is 0 Å². The number of carbonyl (C=O) groups is 1. The predicted molar refractivity (Wildman–Crippen MR) is 109 cm³/mol. The van der Waals surface area contributed by atoms with E-state index in [0.29, 0.717) is 21.3 Å². The standard InChI is InChI=1S/C20H22Cl2N2O3/c1-3-4-5-6-7-10-27-20(25)19-18(24-26)9-8-17(23-19)14-11-15(21)13(2)16(22)12-14/h8-9,11-12H,3-7,10H2,1-2H3. The smallest absolute Gasteiger partial charge is 0.359 e. The number of ether oxygens (including phenoxy) is 1. The fourth-order valence-corrected chi connectivity index (χ4v) is 3.06. The van der Waals surface area contributed by atoms with Crippen LogP contribution in [0.15, 0.2) is 29.4 Å². The van der Waals surface area contributed by atoms with Gasteiger partial charge < -0.3 is 4.74 Å². The fourth-order valence-electron chi connectivity index (χ4n) is 2.57. The summed E-state index contributed by atoms with van der Waals surface area (Å²) in [7, 11) is 0. The molecule has 0 bridgehead atoms. The lowest BCUT2D eigenvalue weighted by Gasteiger charge is -2.09. The average molecular weight is 409 g/mol. The molecule has 1 heterocycles. The van der Waals surface area contributed by atoms with Crippen molar-refractivity contribution in [1.29, 1.82) is 0 Å². The number of aromatic nitrogens is 1. The second-order valence-electron chi connectivity index (χ2n) is 6.27. The minimum Gasteiger partial charge on any atom is -0.461 e. The lowest BCUT2D eigenvalue weighted by Crippen LogP contribution is -2.09. The van der Waals surface area contributed by atoms with E-state index in [9.17, 15) is 9.70 Å². The number of hydrogen-bond donors (Lipinski definition) is 0. The molecule has 27 heavy (non-hydrogen) atoms. The molecule has 0 amide bonds. The molecule has 0 aliphatic rings. The Morgan fingerprint density at radius 1 is 1.11 bits per heavy atom. The molecule has 0 fully saturated rings. The molecule has 0 saturated heterocycles. The van der Waals surface area contributed by atoms with E-state index in [0.717, 1.165) is 31.2 Å². The highest BCUT2D eigenvalue weighted by Crippen LogP contribution is 2.31. The van der Waals surface area contributed by atoms with Gasteiger partial charge in [-0.2, -0.15) is 0 Å². The van der Waals surface area contributed by atoms with Crippen LogP contribution in [0.5, 0.6) is 0 Å². The molecule has 5 nitrogen and oxygen atoms in total. The molecule has 0 saturated carbocycles. The molecule has 0 radical (unpaired) electrons. The van der Waals surface area contributed by atoms with Crippen molar-refractivity contribution in [2.75, 3.05) is 6.61 Å². The van der Waals surface area contributed by atoms with Crippen molar-refractivity contribution in [1.82, 2.24) is 4.98 Å². The topological polar surface area (TPSA) is 68.6 Å². The molecular formula is C20H22Cl2N2O3. The Morgan fingerprint density at radius 2 is 1.78 bits per heavy atom. The fraction of sp³-hybridized carbons (Fsp3) is 0.400. The third-order valence-corrected chi connectivity index (χ3v) is 5.01. The first-order valence-electron chi connectivity index (χ1n) is 8.95. The zero-order valence-electron chi connectivity index (χ0n) is 15.4. The van der Waals surface area contributed by atoms with Crippen molar-refractivity contribution >= 4 is 34.9 Å². The molecular weight excluding hydrogens is 387 g/mol. The first kappa shape index (κ1) is 21.3. The Morgan fingerprint density at radius 3 is 2.41 bits per heavy atom. The van der Waals surface area contributed by atoms with Gasteiger partial charge in [-0.05, 0) is 48.4 Å². The van der Waals surface area contributed by atoms with Crippen LogP contribution < -0.4 is 0 Å². The molecule has 144 valence electrons. The van der Waals surface area contributed by atoms with Gasteiger partial charge in [0, 0.05) is 15.6 Å². The number of pyridine rings is 1. The number of unbranched alkanes of at least 4 members (excludes halogenated alkanes) is 4. The van der Waals surface area contributed by atoms with Crippen molar-refractivity contribution in [2.24, 2.45) is 5.18 Å². The Kier molecular flexibility index (Phi) is 8.20. The van der Waals surface area contributed by atoms with Crippen LogP contribution in [-0.4, -0.2) is 17.6 Å². The van der Waals surface area contributed by atoms with Gasteiger partial charge in [0.1, 0.15) is 5.69 Å². The SMILES string of the molecule is CCCCCCCOC(=O)c1nc(-c2cc(Cl)c(C)c(Cl)c2)ccc1N=O. The summed E-state index contributed by atoms with van der Waals surface area (Å²) in [5.74, 6) is -0.661. The van der Waals surface area contributed by atoms with E-state index in [1.54, 1.807) is 18.2 Å². The highest BCUT2D eigenvalue weighted by molar-refractivity contribution is 6.36. The molecule has 0 N–H and O–H groups in total. The van der Waals surface area contributed by atoms with Crippen LogP contribution in [0.1, 0.15) is 55.1 Å². The van der Waals surface area contributed by atoms with Gasteiger partial charge >= 0.3 is 5.97 Å². The quantitative estimate of drug-likeness (QED) is 0.257. The number of carbonyl (C=O) groups excluding carboxylic acids is 1. The van der Waals surface area contributed by atoms with Crippen LogP contribution in [0.3, 0.4) is 0 Å². The van der Waals surface area contributed by atoms with Crippen LogP contribution in [0.25, 0.3) is 11.3 Å². The van der Waals surface area contributed by atoms with Crippen LogP contribution in [0, 0.1) is 11.8 Å². The normalized spacial score (nSPS) is 10.7. The summed E-state index contributed by atoms with van der Waals surface area (Å²) in [4.78, 5) is 27.7. The first-order chi connectivity index (χ1) is 13.0. The van der Waals surface area contributed by atoms with Crippen molar-refractivity contribution < 1.29 is 9.53 Å². The molecule has 0 spiro atoms. The van der Waals surface area contributed by atoms with E-state index >= 15 is 0 Å². The van der Waals surface area contributed by atoms with Gasteiger partial charge in [-0.1, -0.05) is 55.8 Å². The van der Waals surface area contributed by atoms with Crippen LogP contribution in [-0.2, 0) is 4.74 Å². The van der Waals surface area contributed by atoms with E-state index < -0.39 is 5.97 Å². The molecule has 2 rings (SSSR count). The van der Waals surface area contributed by atoms with Crippen molar-refractivity contribution in [2.45, 2.75) is 46.0 Å². The van der Waals surface area contributed by atoms with Gasteiger partial charge in [-0.15, -0.1) is 4.91 Å². The van der Waals surface area contributed by atoms with Crippen molar-refractivity contribution in [3.8, 4) is 11.3 Å². The van der Waals surface area contributed by atoms with Crippen LogP contribution in [0.4, 0.5) is 5.69 Å². The molecule has 1 aromatic carbocycles. The zero-order chi connectivity index (χ0) is 19.8. The Labute approximate surface area is 169 Å². The Hall–Kier alpha value is -1.98. The number of rotatable bonds is 9. The molecule has 7 heteroatoms. The van der Waals surface area contributed by atoms with E-state index in [2.05, 4.69) is 17.1 Å². The maximum Gasteiger partial charge on any atom is 0.359 e. The summed E-state index contributed by atoms with van der Waals surface area (Å²) in [5, 5.41) is 3.87. The molecule has 2 aromatic rings. The van der Waals surface area contributed by atoms with Gasteiger partial charge in [0.25, 0.3) is 0 Å². The van der Waals surface area contributed by atoms with Crippen LogP contribution >= 0.6 is 23.2 Å². The summed E-state index contributed by atoms with van der Waals surface area (Å²) in [6, 6.07) is 6.45. The second-order valence-corrected chi connectivity index (χ2v) is 7.08. The number of nitrogens with zero attached hydrogens (tertiary/aromatic N) is 2. The lowest BCUT2D eigenvalue weighted by atomic mass is 10.1. The number of nitroso groups, excluding NO2 is 1. The second kappa shape index (κ2) is 10.4. The van der Waals surface area contributed by atoms with Gasteiger partial charge in [0.05, 0.1) is 12.3 Å². The summed E-state index contributed by atoms with van der Waals surface area (Å²) < 4.78 is 5.26.